The molecule has 2 aromatic rings. The molecular weight excluding hydrogens is 228 g/mol. The number of fused-ring (bicyclic) bond motifs is 1. The maximum absolute atomic E-state index is 11.8. The normalized spacial score (nSPS) is 19.1. The van der Waals surface area contributed by atoms with Crippen LogP contribution < -0.4 is 4.74 Å². The summed E-state index contributed by atoms with van der Waals surface area (Å²) in [6.45, 7) is 0. The first-order valence-electron chi connectivity index (χ1n) is 6.51. The van der Waals surface area contributed by atoms with Crippen LogP contribution in [0.4, 0.5) is 0 Å². The molecule has 0 spiro atoms. The molecule has 2 fully saturated rings. The molecule has 0 unspecified atom stereocenters. The Labute approximate surface area is 105 Å². The van der Waals surface area contributed by atoms with Crippen molar-refractivity contribution in [3.63, 3.8) is 0 Å². The highest BCUT2D eigenvalue weighted by Crippen LogP contribution is 2.41. The van der Waals surface area contributed by atoms with E-state index in [0.29, 0.717) is 12.1 Å². The van der Waals surface area contributed by atoms with Gasteiger partial charge in [-0.05, 0) is 37.8 Å². The number of carbonyl (C=O) groups excluding carboxylic acids is 1. The number of ether oxygens (including phenoxy) is 1. The van der Waals surface area contributed by atoms with Crippen LogP contribution in [0.5, 0.6) is 6.01 Å². The van der Waals surface area contributed by atoms with Crippen LogP contribution in [0, 0.1) is 5.92 Å². The SMILES string of the molecule is O=C(Oc1nc2ccccc2n1C1CC1)C1CC1. The fourth-order valence-electron chi connectivity index (χ4n) is 2.27. The lowest BCUT2D eigenvalue weighted by molar-refractivity contribution is -0.136. The minimum atomic E-state index is -0.118. The third kappa shape index (κ3) is 1.60. The van der Waals surface area contributed by atoms with E-state index in [4.69, 9.17) is 4.74 Å². The molecule has 0 N–H and O–H groups in total. The quantitative estimate of drug-likeness (QED) is 0.777. The van der Waals surface area contributed by atoms with E-state index in [2.05, 4.69) is 9.55 Å². The first-order valence-corrected chi connectivity index (χ1v) is 6.51. The van der Waals surface area contributed by atoms with Crippen LogP contribution >= 0.6 is 0 Å². The number of rotatable bonds is 3. The molecule has 0 aliphatic heterocycles. The largest absolute Gasteiger partial charge is 0.392 e. The van der Waals surface area contributed by atoms with Crippen molar-refractivity contribution in [2.45, 2.75) is 31.7 Å². The summed E-state index contributed by atoms with van der Waals surface area (Å²) >= 11 is 0. The summed E-state index contributed by atoms with van der Waals surface area (Å²) in [6.07, 6.45) is 4.22. The summed E-state index contributed by atoms with van der Waals surface area (Å²) in [4.78, 5) is 16.2. The minimum Gasteiger partial charge on any atom is -0.392 e. The van der Waals surface area contributed by atoms with Crippen LogP contribution in [0.1, 0.15) is 31.7 Å². The van der Waals surface area contributed by atoms with Gasteiger partial charge in [0.05, 0.1) is 17.0 Å². The molecule has 0 atom stereocenters. The molecule has 92 valence electrons. The van der Waals surface area contributed by atoms with Crippen molar-refractivity contribution in [1.29, 1.82) is 0 Å². The van der Waals surface area contributed by atoms with Crippen LogP contribution in [0.3, 0.4) is 0 Å². The van der Waals surface area contributed by atoms with Gasteiger partial charge in [-0.2, -0.15) is 4.98 Å². The highest BCUT2D eigenvalue weighted by atomic mass is 16.6. The summed E-state index contributed by atoms with van der Waals surface area (Å²) < 4.78 is 7.55. The molecule has 1 aromatic heterocycles. The second-order valence-electron chi connectivity index (χ2n) is 5.18. The molecular formula is C14H14N2O2. The van der Waals surface area contributed by atoms with Gasteiger partial charge in [0.25, 0.3) is 0 Å². The number of benzene rings is 1. The first-order chi connectivity index (χ1) is 8.83. The molecule has 2 saturated carbocycles. The Morgan fingerprint density at radius 3 is 2.72 bits per heavy atom. The van der Waals surface area contributed by atoms with Gasteiger partial charge in [0.1, 0.15) is 0 Å². The Balaban J connectivity index is 1.77. The molecule has 1 aromatic carbocycles. The third-order valence-corrected chi connectivity index (χ3v) is 3.58. The Kier molecular flexibility index (Phi) is 2.01. The van der Waals surface area contributed by atoms with E-state index in [0.717, 1.165) is 36.7 Å². The zero-order valence-corrected chi connectivity index (χ0v) is 10.0. The van der Waals surface area contributed by atoms with Crippen LogP contribution in [0.2, 0.25) is 0 Å². The zero-order valence-electron chi connectivity index (χ0n) is 10.0. The van der Waals surface area contributed by atoms with Crippen LogP contribution in [0.15, 0.2) is 24.3 Å². The number of esters is 1. The van der Waals surface area contributed by atoms with E-state index >= 15 is 0 Å². The summed E-state index contributed by atoms with van der Waals surface area (Å²) in [5.74, 6) is -0.00956. The molecule has 4 rings (SSSR count). The average Bonchev–Trinajstić information content (AvgIpc) is 3.24. The van der Waals surface area contributed by atoms with Gasteiger partial charge in [-0.15, -0.1) is 0 Å². The number of para-hydroxylation sites is 2. The van der Waals surface area contributed by atoms with Crippen LogP contribution in [0.25, 0.3) is 11.0 Å². The number of aromatic nitrogens is 2. The zero-order chi connectivity index (χ0) is 12.1. The Morgan fingerprint density at radius 2 is 2.00 bits per heavy atom. The summed E-state index contributed by atoms with van der Waals surface area (Å²) in [7, 11) is 0. The number of hydrogen-bond acceptors (Lipinski definition) is 3. The first kappa shape index (κ1) is 10.1. The van der Waals surface area contributed by atoms with Crippen molar-refractivity contribution in [3.05, 3.63) is 24.3 Å². The van der Waals surface area contributed by atoms with Gasteiger partial charge < -0.3 is 4.74 Å². The fraction of sp³-hybridized carbons (Fsp3) is 0.429. The topological polar surface area (TPSA) is 44.1 Å². The second kappa shape index (κ2) is 3.57. The van der Waals surface area contributed by atoms with Crippen molar-refractivity contribution >= 4 is 17.0 Å². The van der Waals surface area contributed by atoms with Gasteiger partial charge in [0.2, 0.25) is 0 Å². The van der Waals surface area contributed by atoms with Crippen LogP contribution in [-0.4, -0.2) is 15.5 Å². The molecule has 1 heterocycles. The summed E-state index contributed by atoms with van der Waals surface area (Å²) in [6, 6.07) is 8.89. The molecule has 2 aliphatic rings. The van der Waals surface area contributed by atoms with E-state index in [-0.39, 0.29) is 11.9 Å². The van der Waals surface area contributed by atoms with Crippen molar-refractivity contribution in [3.8, 4) is 6.01 Å². The molecule has 0 saturated heterocycles. The van der Waals surface area contributed by atoms with E-state index in [1.165, 1.54) is 0 Å². The molecule has 4 heteroatoms. The predicted molar refractivity (Wildman–Crippen MR) is 66.4 cm³/mol. The molecule has 4 nitrogen and oxygen atoms in total. The maximum Gasteiger partial charge on any atom is 0.316 e. The van der Waals surface area contributed by atoms with Gasteiger partial charge >= 0.3 is 12.0 Å². The number of nitrogens with zero attached hydrogens (tertiary/aromatic N) is 2. The van der Waals surface area contributed by atoms with Gasteiger partial charge in [-0.3, -0.25) is 9.36 Å². The van der Waals surface area contributed by atoms with Crippen molar-refractivity contribution < 1.29 is 9.53 Å². The highest BCUT2D eigenvalue weighted by Gasteiger charge is 2.35. The Bertz CT molecular complexity index is 624. The van der Waals surface area contributed by atoms with E-state index in [1.807, 2.05) is 24.3 Å². The Hall–Kier alpha value is -1.84. The van der Waals surface area contributed by atoms with Gasteiger partial charge in [0, 0.05) is 6.04 Å². The average molecular weight is 242 g/mol. The lowest BCUT2D eigenvalue weighted by Gasteiger charge is -2.06. The van der Waals surface area contributed by atoms with Crippen molar-refractivity contribution in [2.75, 3.05) is 0 Å². The number of hydrogen-bond donors (Lipinski definition) is 0. The molecule has 0 bridgehead atoms. The van der Waals surface area contributed by atoms with Gasteiger partial charge in [0.15, 0.2) is 0 Å². The van der Waals surface area contributed by atoms with Gasteiger partial charge in [-0.1, -0.05) is 12.1 Å². The molecule has 2 aliphatic carbocycles. The summed E-state index contributed by atoms with van der Waals surface area (Å²) in [5, 5.41) is 0. The fourth-order valence-corrected chi connectivity index (χ4v) is 2.27. The summed E-state index contributed by atoms with van der Waals surface area (Å²) in [5.41, 5.74) is 1.97. The minimum absolute atomic E-state index is 0.109. The van der Waals surface area contributed by atoms with Crippen molar-refractivity contribution in [2.24, 2.45) is 5.92 Å². The molecule has 18 heavy (non-hydrogen) atoms. The second-order valence-corrected chi connectivity index (χ2v) is 5.18. The lowest BCUT2D eigenvalue weighted by atomic mass is 10.3. The predicted octanol–water partition coefficient (Wildman–Crippen LogP) is 2.69. The number of carbonyl (C=O) groups is 1. The maximum atomic E-state index is 11.8. The van der Waals surface area contributed by atoms with E-state index in [9.17, 15) is 4.79 Å². The monoisotopic (exact) mass is 242 g/mol. The van der Waals surface area contributed by atoms with Crippen LogP contribution in [-0.2, 0) is 4.79 Å². The Morgan fingerprint density at radius 1 is 1.22 bits per heavy atom. The highest BCUT2D eigenvalue weighted by molar-refractivity contribution is 5.80. The third-order valence-electron chi connectivity index (χ3n) is 3.58. The van der Waals surface area contributed by atoms with Gasteiger partial charge in [-0.25, -0.2) is 0 Å². The number of imidazole rings is 1. The lowest BCUT2D eigenvalue weighted by Crippen LogP contribution is -2.13. The van der Waals surface area contributed by atoms with Crippen molar-refractivity contribution in [1.82, 2.24) is 9.55 Å². The smallest absolute Gasteiger partial charge is 0.316 e. The standard InChI is InChI=1S/C14H14N2O2/c17-13(9-5-6-9)18-14-15-11-3-1-2-4-12(11)16(14)10-7-8-10/h1-4,9-10H,5-8H2. The molecule has 0 amide bonds. The van der Waals surface area contributed by atoms with E-state index < -0.39 is 0 Å². The van der Waals surface area contributed by atoms with E-state index in [1.54, 1.807) is 0 Å². The molecule has 0 radical (unpaired) electrons.